The summed E-state index contributed by atoms with van der Waals surface area (Å²) >= 11 is 0. The van der Waals surface area contributed by atoms with Crippen LogP contribution in [0, 0.1) is 0 Å². The molecule has 0 atom stereocenters. The lowest BCUT2D eigenvalue weighted by molar-refractivity contribution is -0.129. The first-order valence-corrected chi connectivity index (χ1v) is 9.12. The molecule has 3 rings (SSSR count). The molecule has 2 aromatic carbocycles. The van der Waals surface area contributed by atoms with Gasteiger partial charge in [0.1, 0.15) is 5.75 Å². The topological polar surface area (TPSA) is 66.3 Å². The summed E-state index contributed by atoms with van der Waals surface area (Å²) < 4.78 is 21.5. The van der Waals surface area contributed by atoms with Crippen molar-refractivity contribution in [1.29, 1.82) is 0 Å². The van der Waals surface area contributed by atoms with Crippen molar-refractivity contribution in [2.45, 2.75) is 19.8 Å². The van der Waals surface area contributed by atoms with E-state index < -0.39 is 5.97 Å². The van der Waals surface area contributed by atoms with E-state index in [1.807, 2.05) is 30.3 Å². The molecule has 0 aliphatic carbocycles. The van der Waals surface area contributed by atoms with E-state index in [0.29, 0.717) is 23.7 Å². The Bertz CT molecular complexity index is 900. The van der Waals surface area contributed by atoms with Crippen LogP contribution in [0.1, 0.15) is 30.9 Å². The van der Waals surface area contributed by atoms with E-state index in [1.54, 1.807) is 32.4 Å². The lowest BCUT2D eigenvalue weighted by Crippen LogP contribution is -2.05. The Labute approximate surface area is 164 Å². The summed E-state index contributed by atoms with van der Waals surface area (Å²) in [6.45, 7) is 2.80. The van der Waals surface area contributed by atoms with Gasteiger partial charge in [0, 0.05) is 5.56 Å². The maximum Gasteiger partial charge on any atom is 0.363 e. The molecule has 0 aromatic heterocycles. The number of rotatable bonds is 8. The van der Waals surface area contributed by atoms with Crippen LogP contribution >= 0.6 is 0 Å². The van der Waals surface area contributed by atoms with Gasteiger partial charge in [0.15, 0.2) is 17.2 Å². The zero-order valence-electron chi connectivity index (χ0n) is 16.2. The minimum Gasteiger partial charge on any atom is -0.494 e. The second-order valence-electron chi connectivity index (χ2n) is 6.18. The van der Waals surface area contributed by atoms with E-state index in [2.05, 4.69) is 11.9 Å². The van der Waals surface area contributed by atoms with Gasteiger partial charge in [-0.3, -0.25) is 0 Å². The molecule has 0 saturated heterocycles. The number of carbonyl (C=O) groups is 1. The number of methoxy groups -OCH3 is 2. The SMILES string of the molecule is CCCCOc1ccc(C2=N/C(=C/c3ccc(OC)c(OC)c3)C(=O)O2)cc1. The van der Waals surface area contributed by atoms with Crippen LogP contribution in [-0.2, 0) is 9.53 Å². The molecule has 0 unspecified atom stereocenters. The molecule has 28 heavy (non-hydrogen) atoms. The minimum atomic E-state index is -0.493. The van der Waals surface area contributed by atoms with Crippen molar-refractivity contribution in [3.05, 3.63) is 59.3 Å². The second kappa shape index (κ2) is 9.08. The van der Waals surface area contributed by atoms with Crippen molar-refractivity contribution in [3.8, 4) is 17.2 Å². The molecule has 0 fully saturated rings. The van der Waals surface area contributed by atoms with Crippen LogP contribution < -0.4 is 14.2 Å². The van der Waals surface area contributed by atoms with Crippen LogP contribution in [0.4, 0.5) is 0 Å². The number of cyclic esters (lactones) is 1. The number of carbonyl (C=O) groups excluding carboxylic acids is 1. The number of unbranched alkanes of at least 4 members (excludes halogenated alkanes) is 1. The number of esters is 1. The summed E-state index contributed by atoms with van der Waals surface area (Å²) in [5.41, 5.74) is 1.70. The van der Waals surface area contributed by atoms with Crippen LogP contribution in [0.5, 0.6) is 17.2 Å². The van der Waals surface area contributed by atoms with E-state index in [1.165, 1.54) is 0 Å². The number of ether oxygens (including phenoxy) is 4. The molecule has 0 radical (unpaired) electrons. The smallest absolute Gasteiger partial charge is 0.363 e. The first-order valence-electron chi connectivity index (χ1n) is 9.12. The van der Waals surface area contributed by atoms with Crippen molar-refractivity contribution < 1.29 is 23.7 Å². The minimum absolute atomic E-state index is 0.227. The van der Waals surface area contributed by atoms with Gasteiger partial charge in [-0.25, -0.2) is 9.79 Å². The molecule has 6 heteroatoms. The molecule has 146 valence electrons. The van der Waals surface area contributed by atoms with Gasteiger partial charge in [-0.2, -0.15) is 0 Å². The highest BCUT2D eigenvalue weighted by molar-refractivity contribution is 6.12. The van der Waals surface area contributed by atoms with Crippen LogP contribution in [0.25, 0.3) is 6.08 Å². The quantitative estimate of drug-likeness (QED) is 0.389. The third kappa shape index (κ3) is 4.52. The molecule has 0 amide bonds. The fourth-order valence-corrected chi connectivity index (χ4v) is 2.66. The zero-order chi connectivity index (χ0) is 19.9. The van der Waals surface area contributed by atoms with E-state index in [-0.39, 0.29) is 11.6 Å². The lowest BCUT2D eigenvalue weighted by atomic mass is 10.1. The average Bonchev–Trinajstić information content (AvgIpc) is 3.09. The normalized spacial score (nSPS) is 14.6. The summed E-state index contributed by atoms with van der Waals surface area (Å²) in [4.78, 5) is 16.5. The Kier molecular flexibility index (Phi) is 6.32. The van der Waals surface area contributed by atoms with E-state index in [9.17, 15) is 4.79 Å². The zero-order valence-corrected chi connectivity index (χ0v) is 16.2. The van der Waals surface area contributed by atoms with Crippen LogP contribution in [0.15, 0.2) is 53.2 Å². The second-order valence-corrected chi connectivity index (χ2v) is 6.18. The van der Waals surface area contributed by atoms with Crippen molar-refractivity contribution in [1.82, 2.24) is 0 Å². The number of hydrogen-bond donors (Lipinski definition) is 0. The van der Waals surface area contributed by atoms with Crippen molar-refractivity contribution >= 4 is 17.9 Å². The van der Waals surface area contributed by atoms with Gasteiger partial charge in [0.05, 0.1) is 20.8 Å². The van der Waals surface area contributed by atoms with Gasteiger partial charge < -0.3 is 18.9 Å². The molecule has 0 spiro atoms. The molecule has 1 aliphatic heterocycles. The molecular formula is C22H23NO5. The maximum absolute atomic E-state index is 12.2. The molecular weight excluding hydrogens is 358 g/mol. The van der Waals surface area contributed by atoms with E-state index in [4.69, 9.17) is 18.9 Å². The van der Waals surface area contributed by atoms with Gasteiger partial charge in [0.25, 0.3) is 0 Å². The molecule has 6 nitrogen and oxygen atoms in total. The van der Waals surface area contributed by atoms with E-state index in [0.717, 1.165) is 24.2 Å². The van der Waals surface area contributed by atoms with Gasteiger partial charge in [-0.15, -0.1) is 0 Å². The summed E-state index contributed by atoms with van der Waals surface area (Å²) in [5.74, 6) is 1.75. The Morgan fingerprint density at radius 2 is 1.79 bits per heavy atom. The molecule has 1 aliphatic rings. The van der Waals surface area contributed by atoms with Crippen LogP contribution in [0.3, 0.4) is 0 Å². The largest absolute Gasteiger partial charge is 0.494 e. The summed E-state index contributed by atoms with van der Waals surface area (Å²) in [7, 11) is 3.13. The van der Waals surface area contributed by atoms with Gasteiger partial charge in [-0.1, -0.05) is 19.4 Å². The number of benzene rings is 2. The standard InChI is InChI=1S/C22H23NO5/c1-4-5-12-27-17-9-7-16(8-10-17)21-23-18(22(24)28-21)13-15-6-11-19(25-2)20(14-15)26-3/h6-11,13-14H,4-5,12H2,1-3H3/b18-13+. The van der Waals surface area contributed by atoms with Gasteiger partial charge in [0.2, 0.25) is 5.90 Å². The molecule has 2 aromatic rings. The Balaban J connectivity index is 1.78. The van der Waals surface area contributed by atoms with Crippen LogP contribution in [-0.4, -0.2) is 32.7 Å². The monoisotopic (exact) mass is 381 g/mol. The Morgan fingerprint density at radius 1 is 1.04 bits per heavy atom. The van der Waals surface area contributed by atoms with Crippen molar-refractivity contribution in [3.63, 3.8) is 0 Å². The third-order valence-corrected chi connectivity index (χ3v) is 4.20. The first-order chi connectivity index (χ1) is 13.6. The summed E-state index contributed by atoms with van der Waals surface area (Å²) in [6, 6.07) is 12.7. The fourth-order valence-electron chi connectivity index (χ4n) is 2.66. The predicted octanol–water partition coefficient (Wildman–Crippen LogP) is 4.23. The average molecular weight is 381 g/mol. The fraction of sp³-hybridized carbons (Fsp3) is 0.273. The summed E-state index contributed by atoms with van der Waals surface area (Å²) in [6.07, 6.45) is 3.75. The Hall–Kier alpha value is -3.28. The third-order valence-electron chi connectivity index (χ3n) is 4.20. The number of aliphatic imine (C=N–C) groups is 1. The first kappa shape index (κ1) is 19.5. The van der Waals surface area contributed by atoms with Gasteiger partial charge in [-0.05, 0) is 54.5 Å². The highest BCUT2D eigenvalue weighted by Crippen LogP contribution is 2.29. The predicted molar refractivity (Wildman–Crippen MR) is 107 cm³/mol. The maximum atomic E-state index is 12.2. The lowest BCUT2D eigenvalue weighted by Gasteiger charge is -2.07. The molecule has 0 N–H and O–H groups in total. The summed E-state index contributed by atoms with van der Waals surface area (Å²) in [5, 5.41) is 0. The highest BCUT2D eigenvalue weighted by Gasteiger charge is 2.24. The number of hydrogen-bond acceptors (Lipinski definition) is 6. The van der Waals surface area contributed by atoms with E-state index >= 15 is 0 Å². The number of nitrogens with zero attached hydrogens (tertiary/aromatic N) is 1. The molecule has 0 saturated carbocycles. The van der Waals surface area contributed by atoms with Gasteiger partial charge >= 0.3 is 5.97 Å². The van der Waals surface area contributed by atoms with Crippen molar-refractivity contribution in [2.75, 3.05) is 20.8 Å². The molecule has 0 bridgehead atoms. The van der Waals surface area contributed by atoms with Crippen LogP contribution in [0.2, 0.25) is 0 Å². The Morgan fingerprint density at radius 3 is 2.46 bits per heavy atom. The highest BCUT2D eigenvalue weighted by atomic mass is 16.6. The van der Waals surface area contributed by atoms with Crippen molar-refractivity contribution in [2.24, 2.45) is 4.99 Å². The molecule has 1 heterocycles.